The molecule has 0 aliphatic heterocycles. The Kier molecular flexibility index (Phi) is 3.80. The van der Waals surface area contributed by atoms with Crippen LogP contribution in [0, 0.1) is 6.92 Å². The summed E-state index contributed by atoms with van der Waals surface area (Å²) in [6, 6.07) is 18.1. The van der Waals surface area contributed by atoms with E-state index in [0.29, 0.717) is 5.92 Å². The molecule has 4 rings (SSSR count). The third-order valence-corrected chi connectivity index (χ3v) is 6.03. The lowest BCUT2D eigenvalue weighted by Gasteiger charge is -2.24. The van der Waals surface area contributed by atoms with Gasteiger partial charge in [0, 0.05) is 17.5 Å². The topological polar surface area (TPSA) is 3.88 Å². The summed E-state index contributed by atoms with van der Waals surface area (Å²) in [7, 11) is 2.16. The molecule has 132 valence electrons. The Hall–Kier alpha value is -2.41. The van der Waals surface area contributed by atoms with Crippen LogP contribution in [0.4, 0.5) is 0 Å². The fourth-order valence-corrected chi connectivity index (χ4v) is 4.50. The molecule has 3 aromatic rings. The van der Waals surface area contributed by atoms with Crippen LogP contribution in [-0.2, 0) is 12.5 Å². The van der Waals surface area contributed by atoms with Gasteiger partial charge in [0.25, 0.3) is 0 Å². The standard InChI is InChI=1S/C25H28N/c1-16(2)18-13-14-26(6)22(15-18)23-17(3)11-12-20-19-9-7-8-10-21(19)25(4,5)24(20)23/h7-16H,1-6H3/q+1. The summed E-state index contributed by atoms with van der Waals surface area (Å²) in [5.74, 6) is 0.525. The Balaban J connectivity index is 2.07. The molecule has 1 heteroatoms. The lowest BCUT2D eigenvalue weighted by Crippen LogP contribution is -2.32. The molecule has 0 atom stereocenters. The maximum absolute atomic E-state index is 2.38. The van der Waals surface area contributed by atoms with Gasteiger partial charge in [0.05, 0.1) is 5.56 Å². The third kappa shape index (κ3) is 2.34. The lowest BCUT2D eigenvalue weighted by molar-refractivity contribution is -0.660. The summed E-state index contributed by atoms with van der Waals surface area (Å²) in [4.78, 5) is 0. The molecule has 0 radical (unpaired) electrons. The van der Waals surface area contributed by atoms with Gasteiger partial charge in [-0.2, -0.15) is 0 Å². The first kappa shape index (κ1) is 17.0. The second kappa shape index (κ2) is 5.81. The predicted molar refractivity (Wildman–Crippen MR) is 109 cm³/mol. The lowest BCUT2D eigenvalue weighted by atomic mass is 9.78. The van der Waals surface area contributed by atoms with Crippen LogP contribution >= 0.6 is 0 Å². The van der Waals surface area contributed by atoms with Crippen molar-refractivity contribution in [3.05, 3.63) is 77.0 Å². The first-order chi connectivity index (χ1) is 12.3. The molecule has 0 spiro atoms. The van der Waals surface area contributed by atoms with Crippen LogP contribution < -0.4 is 4.57 Å². The van der Waals surface area contributed by atoms with Gasteiger partial charge >= 0.3 is 0 Å². The molecule has 0 fully saturated rings. The van der Waals surface area contributed by atoms with E-state index in [1.54, 1.807) is 0 Å². The van der Waals surface area contributed by atoms with Crippen molar-refractivity contribution >= 4 is 0 Å². The summed E-state index contributed by atoms with van der Waals surface area (Å²) in [6.45, 7) is 11.5. The molecule has 1 nitrogen and oxygen atoms in total. The zero-order valence-electron chi connectivity index (χ0n) is 16.7. The van der Waals surface area contributed by atoms with E-state index in [9.17, 15) is 0 Å². The van der Waals surface area contributed by atoms with E-state index in [4.69, 9.17) is 0 Å². The van der Waals surface area contributed by atoms with Gasteiger partial charge in [-0.1, -0.05) is 64.1 Å². The van der Waals surface area contributed by atoms with E-state index in [0.717, 1.165) is 0 Å². The van der Waals surface area contributed by atoms with Crippen LogP contribution in [0.15, 0.2) is 54.7 Å². The molecule has 26 heavy (non-hydrogen) atoms. The fourth-order valence-electron chi connectivity index (χ4n) is 4.50. The van der Waals surface area contributed by atoms with Crippen LogP contribution in [-0.4, -0.2) is 0 Å². The molecule has 0 saturated heterocycles. The van der Waals surface area contributed by atoms with Crippen LogP contribution in [0.25, 0.3) is 22.4 Å². The van der Waals surface area contributed by atoms with E-state index in [-0.39, 0.29) is 5.41 Å². The monoisotopic (exact) mass is 342 g/mol. The molecule has 1 aliphatic rings. The van der Waals surface area contributed by atoms with Crippen molar-refractivity contribution in [3.63, 3.8) is 0 Å². The average molecular weight is 343 g/mol. The maximum Gasteiger partial charge on any atom is 0.213 e. The number of hydrogen-bond acceptors (Lipinski definition) is 0. The number of rotatable bonds is 2. The van der Waals surface area contributed by atoms with Crippen LogP contribution in [0.2, 0.25) is 0 Å². The van der Waals surface area contributed by atoms with Crippen LogP contribution in [0.3, 0.4) is 0 Å². The van der Waals surface area contributed by atoms with Gasteiger partial charge in [0.1, 0.15) is 7.05 Å². The average Bonchev–Trinajstić information content (AvgIpc) is 2.84. The third-order valence-electron chi connectivity index (χ3n) is 6.03. The van der Waals surface area contributed by atoms with Crippen molar-refractivity contribution in [2.24, 2.45) is 7.05 Å². The Morgan fingerprint density at radius 1 is 0.923 bits per heavy atom. The van der Waals surface area contributed by atoms with Gasteiger partial charge in [0.2, 0.25) is 5.69 Å². The second-order valence-electron chi connectivity index (χ2n) is 8.46. The van der Waals surface area contributed by atoms with Crippen molar-refractivity contribution in [3.8, 4) is 22.4 Å². The van der Waals surface area contributed by atoms with Crippen molar-refractivity contribution in [1.82, 2.24) is 0 Å². The minimum atomic E-state index is 0.00805. The number of pyridine rings is 1. The summed E-state index contributed by atoms with van der Waals surface area (Å²) in [5.41, 5.74) is 11.1. The highest BCUT2D eigenvalue weighted by Crippen LogP contribution is 2.52. The van der Waals surface area contributed by atoms with Gasteiger partial charge in [-0.25, -0.2) is 4.57 Å². The molecule has 0 saturated carbocycles. The summed E-state index contributed by atoms with van der Waals surface area (Å²) < 4.78 is 2.27. The molecule has 2 aromatic carbocycles. The summed E-state index contributed by atoms with van der Waals surface area (Å²) in [5, 5.41) is 0. The number of aromatic nitrogens is 1. The Labute approximate surface area is 157 Å². The predicted octanol–water partition coefficient (Wildman–Crippen LogP) is 5.92. The van der Waals surface area contributed by atoms with Gasteiger partial charge in [-0.15, -0.1) is 0 Å². The minimum Gasteiger partial charge on any atom is -0.201 e. The molecule has 0 bridgehead atoms. The van der Waals surface area contributed by atoms with Crippen molar-refractivity contribution in [1.29, 1.82) is 0 Å². The highest BCUT2D eigenvalue weighted by Gasteiger charge is 2.39. The van der Waals surface area contributed by atoms with Gasteiger partial charge in [-0.05, 0) is 46.2 Å². The SMILES string of the molecule is Cc1ccc2c(c1-c1cc(C(C)C)cc[n+]1C)C(C)(C)c1ccccc1-2. The van der Waals surface area contributed by atoms with Gasteiger partial charge in [0.15, 0.2) is 6.20 Å². The molecule has 1 heterocycles. The second-order valence-corrected chi connectivity index (χ2v) is 8.46. The normalized spacial score (nSPS) is 14.4. The van der Waals surface area contributed by atoms with Gasteiger partial charge in [-0.3, -0.25) is 0 Å². The van der Waals surface area contributed by atoms with Gasteiger partial charge < -0.3 is 0 Å². The van der Waals surface area contributed by atoms with Crippen molar-refractivity contribution in [2.75, 3.05) is 0 Å². The van der Waals surface area contributed by atoms with E-state index >= 15 is 0 Å². The van der Waals surface area contributed by atoms with Crippen LogP contribution in [0.5, 0.6) is 0 Å². The number of nitrogens with zero attached hydrogens (tertiary/aromatic N) is 1. The largest absolute Gasteiger partial charge is 0.213 e. The number of benzene rings is 2. The number of hydrogen-bond donors (Lipinski definition) is 0. The highest BCUT2D eigenvalue weighted by atomic mass is 14.9. The van der Waals surface area contributed by atoms with Crippen molar-refractivity contribution in [2.45, 2.75) is 46.0 Å². The van der Waals surface area contributed by atoms with E-state index in [2.05, 4.69) is 101 Å². The number of fused-ring (bicyclic) bond motifs is 3. The van der Waals surface area contributed by atoms with Crippen LogP contribution in [0.1, 0.15) is 55.9 Å². The molecular formula is C25H28N+. The Morgan fingerprint density at radius 2 is 1.65 bits per heavy atom. The minimum absolute atomic E-state index is 0.00805. The summed E-state index contributed by atoms with van der Waals surface area (Å²) >= 11 is 0. The smallest absolute Gasteiger partial charge is 0.201 e. The molecule has 0 unspecified atom stereocenters. The Bertz CT molecular complexity index is 1010. The molecule has 0 N–H and O–H groups in total. The zero-order valence-corrected chi connectivity index (χ0v) is 16.7. The molecule has 1 aliphatic carbocycles. The molecule has 1 aromatic heterocycles. The van der Waals surface area contributed by atoms with Crippen molar-refractivity contribution < 1.29 is 4.57 Å². The number of aryl methyl sites for hydroxylation is 2. The summed E-state index contributed by atoms with van der Waals surface area (Å²) in [6.07, 6.45) is 2.21. The maximum atomic E-state index is 2.38. The van der Waals surface area contributed by atoms with E-state index in [1.807, 2.05) is 0 Å². The molecule has 0 amide bonds. The highest BCUT2D eigenvalue weighted by molar-refractivity contribution is 5.88. The first-order valence-electron chi connectivity index (χ1n) is 9.56. The zero-order chi connectivity index (χ0) is 18.6. The van der Waals surface area contributed by atoms with E-state index < -0.39 is 0 Å². The molecular weight excluding hydrogens is 314 g/mol. The Morgan fingerprint density at radius 3 is 2.38 bits per heavy atom. The first-order valence-corrected chi connectivity index (χ1v) is 9.56. The quantitative estimate of drug-likeness (QED) is 0.509. The fraction of sp³-hybridized carbons (Fsp3) is 0.320. The van der Waals surface area contributed by atoms with E-state index in [1.165, 1.54) is 44.6 Å².